The number of amides is 1. The number of nitrogens with two attached hydrogens (primary N) is 1. The number of pyridine rings is 1. The summed E-state index contributed by atoms with van der Waals surface area (Å²) < 4.78 is 11.4. The van der Waals surface area contributed by atoms with E-state index in [1.54, 1.807) is 12.1 Å². The number of hydrogen-bond donors (Lipinski definition) is 1. The molecule has 0 saturated heterocycles. The molecule has 5 heteroatoms. The van der Waals surface area contributed by atoms with Crippen LogP contribution in [0.25, 0.3) is 0 Å². The molecule has 1 amide bonds. The van der Waals surface area contributed by atoms with E-state index in [2.05, 4.69) is 4.98 Å². The fraction of sp³-hybridized carbons (Fsp3) is 0.538. The molecule has 98 valence electrons. The lowest BCUT2D eigenvalue weighted by atomic mass is 10.2. The minimum atomic E-state index is -0.577. The highest BCUT2D eigenvalue weighted by molar-refractivity contribution is 5.91. The minimum Gasteiger partial charge on any atom is -0.485 e. The van der Waals surface area contributed by atoms with Crippen LogP contribution >= 0.6 is 0 Å². The molecule has 1 heterocycles. The van der Waals surface area contributed by atoms with Gasteiger partial charge in [-0.25, -0.2) is 4.98 Å². The van der Waals surface area contributed by atoms with Gasteiger partial charge in [-0.15, -0.1) is 0 Å². The third-order valence-corrected chi connectivity index (χ3v) is 2.30. The summed E-state index contributed by atoms with van der Waals surface area (Å²) in [5, 5.41) is 0. The fourth-order valence-electron chi connectivity index (χ4n) is 1.38. The molecule has 0 atom stereocenters. The topological polar surface area (TPSA) is 74.4 Å². The van der Waals surface area contributed by atoms with Crippen molar-refractivity contribution in [2.75, 3.05) is 0 Å². The number of carbonyl (C=O) groups excluding carboxylic acids is 1. The Bertz CT molecular complexity index is 462. The molecule has 0 unspecified atom stereocenters. The zero-order valence-electron chi connectivity index (χ0n) is 10.9. The average molecular weight is 250 g/mol. The summed E-state index contributed by atoms with van der Waals surface area (Å²) in [7, 11) is 0. The summed E-state index contributed by atoms with van der Waals surface area (Å²) in [6.07, 6.45) is 2.34. The number of aromatic nitrogens is 1. The first-order chi connectivity index (χ1) is 8.35. The van der Waals surface area contributed by atoms with Crippen molar-refractivity contribution in [2.24, 2.45) is 5.73 Å². The Labute approximate surface area is 106 Å². The first-order valence-electron chi connectivity index (χ1n) is 6.02. The first-order valence-corrected chi connectivity index (χ1v) is 6.02. The van der Waals surface area contributed by atoms with E-state index in [9.17, 15) is 4.79 Å². The van der Waals surface area contributed by atoms with E-state index in [-0.39, 0.29) is 11.8 Å². The molecule has 1 aliphatic rings. The van der Waals surface area contributed by atoms with E-state index in [1.165, 1.54) is 0 Å². The number of ether oxygens (including phenoxy) is 2. The summed E-state index contributed by atoms with van der Waals surface area (Å²) in [6, 6.07) is 3.24. The number of primary amides is 1. The average Bonchev–Trinajstić information content (AvgIpc) is 3.02. The monoisotopic (exact) mass is 250 g/mol. The van der Waals surface area contributed by atoms with Crippen molar-refractivity contribution in [1.82, 2.24) is 4.98 Å². The molecule has 18 heavy (non-hydrogen) atoms. The van der Waals surface area contributed by atoms with Crippen LogP contribution in [-0.2, 0) is 0 Å². The van der Waals surface area contributed by atoms with Crippen molar-refractivity contribution >= 4 is 5.91 Å². The smallest absolute Gasteiger partial charge is 0.267 e. The second-order valence-corrected chi connectivity index (χ2v) is 5.40. The van der Waals surface area contributed by atoms with Crippen LogP contribution in [0.2, 0.25) is 0 Å². The number of rotatable bonds is 4. The van der Waals surface area contributed by atoms with Crippen LogP contribution < -0.4 is 15.2 Å². The zero-order chi connectivity index (χ0) is 13.3. The van der Waals surface area contributed by atoms with Gasteiger partial charge in [0, 0.05) is 0 Å². The molecule has 1 fully saturated rings. The van der Waals surface area contributed by atoms with Gasteiger partial charge in [-0.05, 0) is 45.7 Å². The molecular weight excluding hydrogens is 232 g/mol. The van der Waals surface area contributed by atoms with Gasteiger partial charge in [0.2, 0.25) is 0 Å². The van der Waals surface area contributed by atoms with Gasteiger partial charge in [-0.2, -0.15) is 0 Å². The van der Waals surface area contributed by atoms with Gasteiger partial charge in [0.25, 0.3) is 11.8 Å². The van der Waals surface area contributed by atoms with Crippen LogP contribution in [0.5, 0.6) is 11.6 Å². The standard InChI is InChI=1S/C13H18N2O3/c1-13(2,3)18-12-10(17-8-4-5-8)7-6-9(15-12)11(14)16/h6-8H,4-5H2,1-3H3,(H2,14,16). The summed E-state index contributed by atoms with van der Waals surface area (Å²) in [5.41, 5.74) is 4.98. The SMILES string of the molecule is CC(C)(C)Oc1nc(C(N)=O)ccc1OC1CC1. The van der Waals surface area contributed by atoms with Gasteiger partial charge in [-0.1, -0.05) is 0 Å². The fourth-order valence-corrected chi connectivity index (χ4v) is 1.38. The molecule has 1 aromatic rings. The van der Waals surface area contributed by atoms with Crippen molar-refractivity contribution < 1.29 is 14.3 Å². The van der Waals surface area contributed by atoms with Crippen molar-refractivity contribution in [1.29, 1.82) is 0 Å². The third-order valence-electron chi connectivity index (χ3n) is 2.30. The van der Waals surface area contributed by atoms with Crippen LogP contribution in [0.15, 0.2) is 12.1 Å². The highest BCUT2D eigenvalue weighted by atomic mass is 16.5. The summed E-state index contributed by atoms with van der Waals surface area (Å²) >= 11 is 0. The Morgan fingerprint density at radius 3 is 2.56 bits per heavy atom. The Kier molecular flexibility index (Phi) is 3.15. The van der Waals surface area contributed by atoms with E-state index >= 15 is 0 Å². The molecule has 0 aliphatic heterocycles. The van der Waals surface area contributed by atoms with Crippen LogP contribution in [0.4, 0.5) is 0 Å². The molecule has 1 aromatic heterocycles. The van der Waals surface area contributed by atoms with Gasteiger partial charge >= 0.3 is 0 Å². The van der Waals surface area contributed by atoms with Crippen LogP contribution in [0, 0.1) is 0 Å². The van der Waals surface area contributed by atoms with Gasteiger partial charge in [-0.3, -0.25) is 4.79 Å². The van der Waals surface area contributed by atoms with Crippen molar-refractivity contribution in [2.45, 2.75) is 45.3 Å². The lowest BCUT2D eigenvalue weighted by Crippen LogP contribution is -2.25. The summed E-state index contributed by atoms with van der Waals surface area (Å²) in [4.78, 5) is 15.2. The molecule has 1 aliphatic carbocycles. The normalized spacial score (nSPS) is 15.3. The largest absolute Gasteiger partial charge is 0.485 e. The van der Waals surface area contributed by atoms with E-state index in [4.69, 9.17) is 15.2 Å². The van der Waals surface area contributed by atoms with Gasteiger partial charge in [0.1, 0.15) is 11.3 Å². The predicted molar refractivity (Wildman–Crippen MR) is 66.8 cm³/mol. The highest BCUT2D eigenvalue weighted by Gasteiger charge is 2.27. The quantitative estimate of drug-likeness (QED) is 0.885. The zero-order valence-corrected chi connectivity index (χ0v) is 10.9. The number of carbonyl (C=O) groups is 1. The Morgan fingerprint density at radius 1 is 1.39 bits per heavy atom. The van der Waals surface area contributed by atoms with E-state index in [0.717, 1.165) is 12.8 Å². The number of hydrogen-bond acceptors (Lipinski definition) is 4. The molecule has 0 radical (unpaired) electrons. The molecule has 5 nitrogen and oxygen atoms in total. The Morgan fingerprint density at radius 2 is 2.06 bits per heavy atom. The van der Waals surface area contributed by atoms with E-state index in [0.29, 0.717) is 11.6 Å². The minimum absolute atomic E-state index is 0.178. The first kappa shape index (κ1) is 12.7. The van der Waals surface area contributed by atoms with Gasteiger partial charge in [0.15, 0.2) is 5.75 Å². The molecular formula is C13H18N2O3. The molecule has 0 aromatic carbocycles. The van der Waals surface area contributed by atoms with E-state index < -0.39 is 11.5 Å². The van der Waals surface area contributed by atoms with Gasteiger partial charge in [0.05, 0.1) is 6.10 Å². The maximum atomic E-state index is 11.1. The van der Waals surface area contributed by atoms with Crippen LogP contribution in [0.3, 0.4) is 0 Å². The molecule has 2 rings (SSSR count). The number of nitrogens with zero attached hydrogens (tertiary/aromatic N) is 1. The highest BCUT2D eigenvalue weighted by Crippen LogP contribution is 2.34. The lowest BCUT2D eigenvalue weighted by Gasteiger charge is -2.22. The lowest BCUT2D eigenvalue weighted by molar-refractivity contribution is 0.0980. The Hall–Kier alpha value is -1.78. The van der Waals surface area contributed by atoms with Crippen LogP contribution in [-0.4, -0.2) is 22.6 Å². The van der Waals surface area contributed by atoms with Crippen molar-refractivity contribution in [3.63, 3.8) is 0 Å². The van der Waals surface area contributed by atoms with Crippen molar-refractivity contribution in [3.8, 4) is 11.6 Å². The second-order valence-electron chi connectivity index (χ2n) is 5.40. The van der Waals surface area contributed by atoms with Gasteiger partial charge < -0.3 is 15.2 Å². The molecule has 0 bridgehead atoms. The summed E-state index contributed by atoms with van der Waals surface area (Å²) in [6.45, 7) is 5.73. The maximum absolute atomic E-state index is 11.1. The second kappa shape index (κ2) is 4.48. The van der Waals surface area contributed by atoms with E-state index in [1.807, 2.05) is 20.8 Å². The molecule has 1 saturated carbocycles. The third kappa shape index (κ3) is 3.35. The summed E-state index contributed by atoms with van der Waals surface area (Å²) in [5.74, 6) is 0.315. The molecule has 2 N–H and O–H groups in total. The molecule has 0 spiro atoms. The Balaban J connectivity index is 2.29. The van der Waals surface area contributed by atoms with Crippen LogP contribution in [0.1, 0.15) is 44.1 Å². The maximum Gasteiger partial charge on any atom is 0.267 e. The van der Waals surface area contributed by atoms with Crippen molar-refractivity contribution in [3.05, 3.63) is 17.8 Å². The predicted octanol–water partition coefficient (Wildman–Crippen LogP) is 1.90.